The first kappa shape index (κ1) is 31.1. The molecule has 1 unspecified atom stereocenters. The lowest BCUT2D eigenvalue weighted by molar-refractivity contribution is -0.145. The van der Waals surface area contributed by atoms with E-state index < -0.39 is 24.1 Å². The average molecular weight is 553 g/mol. The van der Waals surface area contributed by atoms with Gasteiger partial charge < -0.3 is 25.2 Å². The number of nitrogens with one attached hydrogen (secondary N) is 2. The second kappa shape index (κ2) is 18.1. The van der Waals surface area contributed by atoms with Crippen molar-refractivity contribution in [2.45, 2.75) is 108 Å². The molecule has 1 atom stereocenters. The quantitative estimate of drug-likeness (QED) is 0.287. The summed E-state index contributed by atoms with van der Waals surface area (Å²) in [5.41, 5.74) is 1.62. The van der Waals surface area contributed by atoms with Gasteiger partial charge in [-0.25, -0.2) is 9.59 Å². The Balaban J connectivity index is 0.000000281. The highest BCUT2D eigenvalue weighted by Crippen LogP contribution is 2.22. The number of carbonyl (C=O) groups is 3. The molecule has 0 aliphatic heterocycles. The van der Waals surface area contributed by atoms with Crippen molar-refractivity contribution < 1.29 is 29.0 Å². The molecule has 0 bridgehead atoms. The van der Waals surface area contributed by atoms with Crippen LogP contribution >= 0.6 is 0 Å². The van der Waals surface area contributed by atoms with E-state index in [1.807, 2.05) is 36.4 Å². The van der Waals surface area contributed by atoms with Gasteiger partial charge in [-0.1, -0.05) is 99.2 Å². The van der Waals surface area contributed by atoms with E-state index in [-0.39, 0.29) is 26.1 Å². The molecule has 2 aliphatic rings. The number of rotatable bonds is 11. The summed E-state index contributed by atoms with van der Waals surface area (Å²) >= 11 is 0. The smallest absolute Gasteiger partial charge is 0.408 e. The molecular formula is C32H44N2O6. The minimum Gasteiger partial charge on any atom is -0.480 e. The molecule has 40 heavy (non-hydrogen) atoms. The van der Waals surface area contributed by atoms with Crippen LogP contribution in [0, 0.1) is 0 Å². The zero-order chi connectivity index (χ0) is 28.4. The van der Waals surface area contributed by atoms with Crippen LogP contribution in [0.25, 0.3) is 0 Å². The Morgan fingerprint density at radius 3 is 1.68 bits per heavy atom. The second-order valence-electron chi connectivity index (χ2n) is 10.6. The van der Waals surface area contributed by atoms with Gasteiger partial charge in [0.25, 0.3) is 0 Å². The standard InChI is InChI=1S/C20H21NO6.C12H23N/c22-18(26-13-15-7-3-1-4-8-15)12-11-17(19(23)24)21-20(25)27-14-16-9-5-2-6-10-16;1-3-7-11(8-4-1)13-12-9-5-2-6-10-12/h1-10,17H,11-14H2,(H,21,25)(H,23,24);11-13H,1-10H2. The number of aliphatic carboxylic acids is 1. The molecule has 218 valence electrons. The average Bonchev–Trinajstić information content (AvgIpc) is 2.99. The van der Waals surface area contributed by atoms with Crippen LogP contribution in [-0.4, -0.2) is 41.3 Å². The largest absolute Gasteiger partial charge is 0.480 e. The number of carboxylic acids is 1. The van der Waals surface area contributed by atoms with Crippen LogP contribution in [-0.2, 0) is 32.3 Å². The highest BCUT2D eigenvalue weighted by Gasteiger charge is 2.22. The number of ether oxygens (including phenoxy) is 2. The van der Waals surface area contributed by atoms with E-state index in [1.54, 1.807) is 24.3 Å². The zero-order valence-electron chi connectivity index (χ0n) is 23.4. The van der Waals surface area contributed by atoms with Gasteiger partial charge in [0.1, 0.15) is 19.3 Å². The highest BCUT2D eigenvalue weighted by atomic mass is 16.5. The third-order valence-corrected chi connectivity index (χ3v) is 7.36. The van der Waals surface area contributed by atoms with E-state index in [1.165, 1.54) is 64.2 Å². The molecule has 2 aromatic carbocycles. The number of hydrogen-bond donors (Lipinski definition) is 3. The van der Waals surface area contributed by atoms with Gasteiger partial charge in [-0.05, 0) is 43.2 Å². The van der Waals surface area contributed by atoms with Crippen LogP contribution in [0.5, 0.6) is 0 Å². The van der Waals surface area contributed by atoms with Crippen LogP contribution in [0.15, 0.2) is 60.7 Å². The Labute approximate surface area is 237 Å². The fourth-order valence-corrected chi connectivity index (χ4v) is 5.11. The van der Waals surface area contributed by atoms with Crippen LogP contribution in [0.1, 0.15) is 88.2 Å². The lowest BCUT2D eigenvalue weighted by Gasteiger charge is -2.30. The fraction of sp³-hybridized carbons (Fsp3) is 0.531. The highest BCUT2D eigenvalue weighted by molar-refractivity contribution is 5.80. The van der Waals surface area contributed by atoms with E-state index in [0.717, 1.165) is 23.2 Å². The number of esters is 1. The number of carbonyl (C=O) groups excluding carboxylic acids is 2. The van der Waals surface area contributed by atoms with Crippen LogP contribution in [0.2, 0.25) is 0 Å². The number of amides is 1. The van der Waals surface area contributed by atoms with E-state index in [4.69, 9.17) is 9.47 Å². The zero-order valence-corrected chi connectivity index (χ0v) is 23.4. The summed E-state index contributed by atoms with van der Waals surface area (Å²) in [6.45, 7) is 0.141. The molecule has 8 nitrogen and oxygen atoms in total. The summed E-state index contributed by atoms with van der Waals surface area (Å²) in [6, 6.07) is 18.7. The molecular weight excluding hydrogens is 508 g/mol. The summed E-state index contributed by atoms with van der Waals surface area (Å²) in [4.78, 5) is 34.8. The molecule has 2 saturated carbocycles. The van der Waals surface area contributed by atoms with Crippen LogP contribution in [0.4, 0.5) is 4.79 Å². The molecule has 1 amide bonds. The maximum Gasteiger partial charge on any atom is 0.408 e. The third-order valence-electron chi connectivity index (χ3n) is 7.36. The lowest BCUT2D eigenvalue weighted by Crippen LogP contribution is -2.41. The first-order valence-corrected chi connectivity index (χ1v) is 14.6. The molecule has 0 spiro atoms. The fourth-order valence-electron chi connectivity index (χ4n) is 5.11. The Hall–Kier alpha value is -3.39. The topological polar surface area (TPSA) is 114 Å². The summed E-state index contributed by atoms with van der Waals surface area (Å²) in [7, 11) is 0. The van der Waals surface area contributed by atoms with Gasteiger partial charge in [-0.3, -0.25) is 4.79 Å². The van der Waals surface area contributed by atoms with Crippen molar-refractivity contribution in [1.82, 2.24) is 10.6 Å². The Kier molecular flexibility index (Phi) is 14.1. The maximum absolute atomic E-state index is 11.8. The number of alkyl carbamates (subject to hydrolysis) is 1. The van der Waals surface area contributed by atoms with Crippen LogP contribution in [0.3, 0.4) is 0 Å². The summed E-state index contributed by atoms with van der Waals surface area (Å²) < 4.78 is 10.1. The van der Waals surface area contributed by atoms with Crippen molar-refractivity contribution in [2.75, 3.05) is 0 Å². The molecule has 2 aliphatic carbocycles. The first-order valence-electron chi connectivity index (χ1n) is 14.6. The van der Waals surface area contributed by atoms with Gasteiger partial charge >= 0.3 is 18.0 Å². The summed E-state index contributed by atoms with van der Waals surface area (Å²) in [5, 5.41) is 15.3. The van der Waals surface area contributed by atoms with Gasteiger partial charge in [-0.2, -0.15) is 0 Å². The van der Waals surface area contributed by atoms with Crippen LogP contribution < -0.4 is 10.6 Å². The number of hydrogen-bond acceptors (Lipinski definition) is 6. The number of carboxylic acid groups (broad SMARTS) is 1. The molecule has 4 rings (SSSR count). The lowest BCUT2D eigenvalue weighted by atomic mass is 9.91. The van der Waals surface area contributed by atoms with Crippen molar-refractivity contribution >= 4 is 18.0 Å². The van der Waals surface area contributed by atoms with Gasteiger partial charge in [-0.15, -0.1) is 0 Å². The minimum absolute atomic E-state index is 0.0259. The second-order valence-corrected chi connectivity index (χ2v) is 10.6. The summed E-state index contributed by atoms with van der Waals surface area (Å²) in [5.74, 6) is -1.79. The van der Waals surface area contributed by atoms with Gasteiger partial charge in [0.15, 0.2) is 0 Å². The van der Waals surface area contributed by atoms with Gasteiger partial charge in [0, 0.05) is 18.5 Å². The minimum atomic E-state index is -1.25. The van der Waals surface area contributed by atoms with Gasteiger partial charge in [0.05, 0.1) is 0 Å². The molecule has 0 aromatic heterocycles. The SMILES string of the molecule is C1CCC(NC2CCCCC2)CC1.O=C(CCC(NC(=O)OCc1ccccc1)C(=O)O)OCc1ccccc1. The van der Waals surface area contributed by atoms with E-state index >= 15 is 0 Å². The van der Waals surface area contributed by atoms with Crippen molar-refractivity contribution in [2.24, 2.45) is 0 Å². The molecule has 0 radical (unpaired) electrons. The molecule has 0 saturated heterocycles. The normalized spacial score (nSPS) is 16.6. The Bertz CT molecular complexity index is 989. The third kappa shape index (κ3) is 12.6. The van der Waals surface area contributed by atoms with E-state index in [9.17, 15) is 19.5 Å². The monoisotopic (exact) mass is 552 g/mol. The Morgan fingerprint density at radius 1 is 0.725 bits per heavy atom. The number of benzene rings is 2. The Morgan fingerprint density at radius 2 is 1.20 bits per heavy atom. The van der Waals surface area contributed by atoms with Gasteiger partial charge in [0.2, 0.25) is 0 Å². The van der Waals surface area contributed by atoms with Crippen molar-refractivity contribution in [1.29, 1.82) is 0 Å². The molecule has 2 aromatic rings. The van der Waals surface area contributed by atoms with Crippen molar-refractivity contribution in [3.05, 3.63) is 71.8 Å². The van der Waals surface area contributed by atoms with E-state index in [2.05, 4.69) is 10.6 Å². The predicted octanol–water partition coefficient (Wildman–Crippen LogP) is 6.13. The van der Waals surface area contributed by atoms with Crippen molar-refractivity contribution in [3.63, 3.8) is 0 Å². The first-order chi connectivity index (χ1) is 19.5. The van der Waals surface area contributed by atoms with E-state index in [0.29, 0.717) is 0 Å². The molecule has 3 N–H and O–H groups in total. The molecule has 0 heterocycles. The van der Waals surface area contributed by atoms with Crippen molar-refractivity contribution in [3.8, 4) is 0 Å². The molecule has 2 fully saturated rings. The predicted molar refractivity (Wildman–Crippen MR) is 154 cm³/mol. The summed E-state index contributed by atoms with van der Waals surface area (Å²) in [6.07, 6.45) is 13.5. The maximum atomic E-state index is 11.8. The molecule has 8 heteroatoms.